The van der Waals surface area contributed by atoms with Gasteiger partial charge in [-0.15, -0.1) is 0 Å². The van der Waals surface area contributed by atoms with E-state index in [0.29, 0.717) is 6.42 Å². The van der Waals surface area contributed by atoms with E-state index in [1.165, 1.54) is 24.3 Å². The quantitative estimate of drug-likeness (QED) is 0.414. The van der Waals surface area contributed by atoms with Gasteiger partial charge in [-0.3, -0.25) is 19.7 Å². The van der Waals surface area contributed by atoms with Crippen LogP contribution in [0.1, 0.15) is 5.56 Å². The van der Waals surface area contributed by atoms with Crippen molar-refractivity contribution in [3.8, 4) is 0 Å². The molecule has 2 aromatic carbocycles. The van der Waals surface area contributed by atoms with Crippen LogP contribution in [0.25, 0.3) is 0 Å². The Hall–Kier alpha value is -3.26. The van der Waals surface area contributed by atoms with Gasteiger partial charge in [-0.1, -0.05) is 42.5 Å². The molecular weight excluding hydrogens is 326 g/mol. The lowest BCUT2D eigenvalue weighted by atomic mass is 10.1. The van der Waals surface area contributed by atoms with E-state index in [0.717, 1.165) is 5.56 Å². The van der Waals surface area contributed by atoms with E-state index in [-0.39, 0.29) is 17.9 Å². The molecule has 2 aromatic rings. The molecule has 0 saturated heterocycles. The molecule has 1 atom stereocenters. The van der Waals surface area contributed by atoms with Gasteiger partial charge in [-0.2, -0.15) is 0 Å². The van der Waals surface area contributed by atoms with Crippen LogP contribution in [0.3, 0.4) is 0 Å². The largest absolute Gasteiger partial charge is 0.391 e. The third kappa shape index (κ3) is 5.40. The number of hydrogen-bond donors (Lipinski definition) is 3. The zero-order valence-corrected chi connectivity index (χ0v) is 13.2. The average molecular weight is 343 g/mol. The van der Waals surface area contributed by atoms with Gasteiger partial charge in [-0.25, -0.2) is 0 Å². The lowest BCUT2D eigenvalue weighted by Gasteiger charge is -2.12. The number of nitrogens with one attached hydrogen (secondary N) is 2. The first-order valence-electron chi connectivity index (χ1n) is 7.52. The van der Waals surface area contributed by atoms with Crippen molar-refractivity contribution in [2.24, 2.45) is 0 Å². The van der Waals surface area contributed by atoms with Crippen molar-refractivity contribution in [1.82, 2.24) is 5.32 Å². The van der Waals surface area contributed by atoms with Crippen molar-refractivity contribution in [3.05, 3.63) is 70.3 Å². The number of carbonyl (C=O) groups excluding carboxylic acids is 2. The molecule has 0 aliphatic carbocycles. The topological polar surface area (TPSA) is 122 Å². The highest BCUT2D eigenvalue weighted by molar-refractivity contribution is 6.39. The van der Waals surface area contributed by atoms with E-state index in [9.17, 15) is 24.8 Å². The molecule has 8 heteroatoms. The fourth-order valence-electron chi connectivity index (χ4n) is 2.17. The molecule has 2 rings (SSSR count). The average Bonchev–Trinajstić information content (AvgIpc) is 2.60. The first kappa shape index (κ1) is 18.1. The number of amides is 2. The Morgan fingerprint density at radius 1 is 1.04 bits per heavy atom. The number of nitro benzene ring substituents is 1. The van der Waals surface area contributed by atoms with Crippen LogP contribution in [-0.2, 0) is 16.0 Å². The molecule has 130 valence electrons. The highest BCUT2D eigenvalue weighted by Crippen LogP contribution is 2.22. The number of anilines is 1. The van der Waals surface area contributed by atoms with E-state index in [1.54, 1.807) is 0 Å². The first-order valence-corrected chi connectivity index (χ1v) is 7.52. The zero-order chi connectivity index (χ0) is 18.2. The van der Waals surface area contributed by atoms with Crippen LogP contribution < -0.4 is 10.6 Å². The van der Waals surface area contributed by atoms with Crippen molar-refractivity contribution in [2.75, 3.05) is 11.9 Å². The second kappa shape index (κ2) is 8.55. The molecule has 0 spiro atoms. The summed E-state index contributed by atoms with van der Waals surface area (Å²) in [6.07, 6.45) is -0.530. The summed E-state index contributed by atoms with van der Waals surface area (Å²) in [5.74, 6) is -2.02. The van der Waals surface area contributed by atoms with E-state index in [4.69, 9.17) is 0 Å². The molecule has 1 unspecified atom stereocenters. The lowest BCUT2D eigenvalue weighted by Crippen LogP contribution is -2.40. The predicted molar refractivity (Wildman–Crippen MR) is 90.9 cm³/mol. The van der Waals surface area contributed by atoms with E-state index < -0.39 is 22.8 Å². The van der Waals surface area contributed by atoms with Crippen LogP contribution >= 0.6 is 0 Å². The lowest BCUT2D eigenvalue weighted by molar-refractivity contribution is -0.383. The molecular formula is C17H17N3O5. The number of aliphatic hydroxyl groups excluding tert-OH is 1. The molecule has 2 amide bonds. The van der Waals surface area contributed by atoms with Crippen LogP contribution in [0.2, 0.25) is 0 Å². The highest BCUT2D eigenvalue weighted by atomic mass is 16.6. The van der Waals surface area contributed by atoms with Gasteiger partial charge in [0, 0.05) is 19.0 Å². The number of rotatable bonds is 6. The normalized spacial score (nSPS) is 11.4. The maximum absolute atomic E-state index is 11.8. The summed E-state index contributed by atoms with van der Waals surface area (Å²) in [7, 11) is 0. The van der Waals surface area contributed by atoms with Crippen LogP contribution in [0.4, 0.5) is 11.4 Å². The maximum atomic E-state index is 11.8. The fraction of sp³-hybridized carbons (Fsp3) is 0.176. The van der Waals surface area contributed by atoms with Gasteiger partial charge in [0.25, 0.3) is 5.69 Å². The van der Waals surface area contributed by atoms with Crippen molar-refractivity contribution in [3.63, 3.8) is 0 Å². The molecule has 0 fully saturated rings. The van der Waals surface area contributed by atoms with Gasteiger partial charge in [0.15, 0.2) is 0 Å². The predicted octanol–water partition coefficient (Wildman–Crippen LogP) is 1.25. The minimum Gasteiger partial charge on any atom is -0.391 e. The minimum absolute atomic E-state index is 0.0718. The summed E-state index contributed by atoms with van der Waals surface area (Å²) >= 11 is 0. The van der Waals surface area contributed by atoms with Gasteiger partial charge in [-0.05, 0) is 11.6 Å². The number of nitrogens with zero attached hydrogens (tertiary/aromatic N) is 1. The number of para-hydroxylation sites is 2. The summed E-state index contributed by atoms with van der Waals surface area (Å²) in [5.41, 5.74) is 0.513. The molecule has 0 radical (unpaired) electrons. The third-order valence-corrected chi connectivity index (χ3v) is 3.37. The Morgan fingerprint density at radius 2 is 1.68 bits per heavy atom. The Bertz CT molecular complexity index is 764. The van der Waals surface area contributed by atoms with Crippen LogP contribution in [0.15, 0.2) is 54.6 Å². The molecule has 8 nitrogen and oxygen atoms in total. The van der Waals surface area contributed by atoms with Gasteiger partial charge in [0.2, 0.25) is 0 Å². The molecule has 0 aromatic heterocycles. The first-order chi connectivity index (χ1) is 12.0. The summed E-state index contributed by atoms with van der Waals surface area (Å²) in [4.78, 5) is 33.8. The molecule has 0 aliphatic heterocycles. The van der Waals surface area contributed by atoms with Crippen LogP contribution in [0.5, 0.6) is 0 Å². The summed E-state index contributed by atoms with van der Waals surface area (Å²) in [6.45, 7) is -0.113. The molecule has 0 bridgehead atoms. The summed E-state index contributed by atoms with van der Waals surface area (Å²) in [6, 6.07) is 14.7. The molecule has 3 N–H and O–H groups in total. The van der Waals surface area contributed by atoms with E-state index in [1.807, 2.05) is 30.3 Å². The SMILES string of the molecule is O=C(NCC(O)Cc1ccccc1)C(=O)Nc1ccccc1[N+](=O)[O-]. The van der Waals surface area contributed by atoms with Gasteiger partial charge in [0.05, 0.1) is 11.0 Å². The molecule has 0 aliphatic rings. The van der Waals surface area contributed by atoms with Gasteiger partial charge >= 0.3 is 11.8 Å². The maximum Gasteiger partial charge on any atom is 0.313 e. The van der Waals surface area contributed by atoms with E-state index in [2.05, 4.69) is 10.6 Å². The Balaban J connectivity index is 1.86. The van der Waals surface area contributed by atoms with E-state index >= 15 is 0 Å². The third-order valence-electron chi connectivity index (χ3n) is 3.37. The van der Waals surface area contributed by atoms with Crippen molar-refractivity contribution in [2.45, 2.75) is 12.5 Å². The summed E-state index contributed by atoms with van der Waals surface area (Å²) in [5, 5.41) is 25.3. The number of hydrogen-bond acceptors (Lipinski definition) is 5. The minimum atomic E-state index is -1.04. The molecule has 0 saturated carbocycles. The smallest absolute Gasteiger partial charge is 0.313 e. The Morgan fingerprint density at radius 3 is 2.36 bits per heavy atom. The monoisotopic (exact) mass is 343 g/mol. The molecule has 0 heterocycles. The van der Waals surface area contributed by atoms with Gasteiger partial charge in [0.1, 0.15) is 5.69 Å². The second-order valence-electron chi connectivity index (χ2n) is 5.28. The van der Waals surface area contributed by atoms with Crippen LogP contribution in [-0.4, -0.2) is 34.5 Å². The van der Waals surface area contributed by atoms with Crippen molar-refractivity contribution in [1.29, 1.82) is 0 Å². The number of nitro groups is 1. The Labute approximate surface area is 143 Å². The zero-order valence-electron chi connectivity index (χ0n) is 13.2. The number of benzene rings is 2. The van der Waals surface area contributed by atoms with Crippen LogP contribution in [0, 0.1) is 10.1 Å². The standard InChI is InChI=1S/C17H17N3O5/c21-13(10-12-6-2-1-3-7-12)11-18-16(22)17(23)19-14-8-4-5-9-15(14)20(24)25/h1-9,13,21H,10-11H2,(H,18,22)(H,19,23). The molecule has 25 heavy (non-hydrogen) atoms. The fourth-order valence-corrected chi connectivity index (χ4v) is 2.17. The number of aliphatic hydroxyl groups is 1. The van der Waals surface area contributed by atoms with Crippen molar-refractivity contribution >= 4 is 23.2 Å². The summed E-state index contributed by atoms with van der Waals surface area (Å²) < 4.78 is 0. The second-order valence-corrected chi connectivity index (χ2v) is 5.28. The highest BCUT2D eigenvalue weighted by Gasteiger charge is 2.20. The van der Waals surface area contributed by atoms with Crippen molar-refractivity contribution < 1.29 is 19.6 Å². The van der Waals surface area contributed by atoms with Gasteiger partial charge < -0.3 is 15.7 Å². The Kier molecular flexibility index (Phi) is 6.19. The number of carbonyl (C=O) groups is 2.